The number of carbonyl (C=O) groups is 1. The number of nitrogens with zero attached hydrogens (tertiary/aromatic N) is 2. The van der Waals surface area contributed by atoms with Gasteiger partial charge in [0, 0.05) is 10.4 Å². The lowest BCUT2D eigenvalue weighted by atomic mass is 9.95. The fraction of sp³-hybridized carbons (Fsp3) is 0.269. The Morgan fingerprint density at radius 1 is 1.09 bits per heavy atom. The van der Waals surface area contributed by atoms with E-state index in [1.165, 1.54) is 16.0 Å². The predicted octanol–water partition coefficient (Wildman–Crippen LogP) is 5.84. The zero-order valence-electron chi connectivity index (χ0n) is 18.7. The maximum Gasteiger partial charge on any atom is 0.261 e. The van der Waals surface area contributed by atoms with Crippen LogP contribution in [0, 0.1) is 6.92 Å². The maximum atomic E-state index is 12.9. The van der Waals surface area contributed by atoms with Crippen molar-refractivity contribution in [1.29, 1.82) is 0 Å². The molecule has 0 bridgehead atoms. The third-order valence-electron chi connectivity index (χ3n) is 5.90. The molecular weight excluding hydrogens is 434 g/mol. The minimum absolute atomic E-state index is 0.0710. The molecule has 2 heterocycles. The van der Waals surface area contributed by atoms with Gasteiger partial charge < -0.3 is 14.6 Å². The molecule has 2 aromatic heterocycles. The molecule has 0 radical (unpaired) electrons. The van der Waals surface area contributed by atoms with E-state index in [1.54, 1.807) is 18.4 Å². The third kappa shape index (κ3) is 4.54. The zero-order chi connectivity index (χ0) is 22.8. The smallest absolute Gasteiger partial charge is 0.261 e. The number of methoxy groups -OCH3 is 1. The highest BCUT2D eigenvalue weighted by Crippen LogP contribution is 2.44. The van der Waals surface area contributed by atoms with Gasteiger partial charge in [-0.3, -0.25) is 4.79 Å². The number of carbonyl (C=O) groups excluding carboxylic acids is 1. The molecule has 0 fully saturated rings. The highest BCUT2D eigenvalue weighted by atomic mass is 32.1. The Morgan fingerprint density at radius 2 is 1.85 bits per heavy atom. The SMILES string of the molecule is COc1ccc(CC(=O)Nc2sc3c(c2-c2nc(-c4ccc(C)cc4)no2)CCCC3)cc1. The van der Waals surface area contributed by atoms with Crippen molar-refractivity contribution in [1.82, 2.24) is 10.1 Å². The van der Waals surface area contributed by atoms with Crippen molar-refractivity contribution in [2.24, 2.45) is 0 Å². The van der Waals surface area contributed by atoms with Crippen LogP contribution in [-0.2, 0) is 24.1 Å². The van der Waals surface area contributed by atoms with E-state index in [4.69, 9.17) is 14.2 Å². The molecule has 0 saturated carbocycles. The normalized spacial score (nSPS) is 12.9. The summed E-state index contributed by atoms with van der Waals surface area (Å²) in [6.07, 6.45) is 4.53. The van der Waals surface area contributed by atoms with Gasteiger partial charge in [0.15, 0.2) is 0 Å². The summed E-state index contributed by atoms with van der Waals surface area (Å²) < 4.78 is 10.9. The molecule has 1 aliphatic carbocycles. The first kappa shape index (κ1) is 21.4. The summed E-state index contributed by atoms with van der Waals surface area (Å²) >= 11 is 1.63. The molecule has 4 aromatic rings. The number of anilines is 1. The molecule has 2 aromatic carbocycles. The lowest BCUT2D eigenvalue weighted by molar-refractivity contribution is -0.115. The molecule has 0 spiro atoms. The number of amides is 1. The summed E-state index contributed by atoms with van der Waals surface area (Å²) in [6.45, 7) is 2.05. The summed E-state index contributed by atoms with van der Waals surface area (Å²) in [4.78, 5) is 18.9. The van der Waals surface area contributed by atoms with Gasteiger partial charge in [-0.15, -0.1) is 11.3 Å². The van der Waals surface area contributed by atoms with E-state index in [0.29, 0.717) is 11.7 Å². The molecule has 1 amide bonds. The van der Waals surface area contributed by atoms with Crippen LogP contribution in [0.2, 0.25) is 0 Å². The minimum Gasteiger partial charge on any atom is -0.497 e. The van der Waals surface area contributed by atoms with Gasteiger partial charge in [-0.2, -0.15) is 4.98 Å². The van der Waals surface area contributed by atoms with E-state index in [1.807, 2.05) is 55.5 Å². The van der Waals surface area contributed by atoms with Crippen molar-refractivity contribution in [2.75, 3.05) is 12.4 Å². The average Bonchev–Trinajstić information content (AvgIpc) is 3.44. The van der Waals surface area contributed by atoms with E-state index in [2.05, 4.69) is 10.5 Å². The van der Waals surface area contributed by atoms with E-state index in [9.17, 15) is 4.79 Å². The largest absolute Gasteiger partial charge is 0.497 e. The van der Waals surface area contributed by atoms with Gasteiger partial charge in [-0.05, 0) is 55.9 Å². The van der Waals surface area contributed by atoms with Crippen LogP contribution in [0.5, 0.6) is 5.75 Å². The summed E-state index contributed by atoms with van der Waals surface area (Å²) in [7, 11) is 1.63. The number of hydrogen-bond donors (Lipinski definition) is 1. The second kappa shape index (κ2) is 9.19. The molecule has 5 rings (SSSR count). The lowest BCUT2D eigenvalue weighted by Gasteiger charge is -2.11. The first-order valence-electron chi connectivity index (χ1n) is 11.1. The van der Waals surface area contributed by atoms with Gasteiger partial charge in [0.1, 0.15) is 10.8 Å². The molecular formula is C26H25N3O3S. The van der Waals surface area contributed by atoms with Crippen LogP contribution in [-0.4, -0.2) is 23.2 Å². The Hall–Kier alpha value is -3.45. The van der Waals surface area contributed by atoms with Crippen LogP contribution in [0.15, 0.2) is 53.1 Å². The van der Waals surface area contributed by atoms with E-state index in [-0.39, 0.29) is 12.3 Å². The van der Waals surface area contributed by atoms with Crippen molar-refractivity contribution >= 4 is 22.2 Å². The standard InChI is InChI=1S/C26H25N3O3S/c1-16-7-11-18(12-8-16)24-28-25(32-29-24)23-20-5-3-4-6-21(20)33-26(23)27-22(30)15-17-9-13-19(31-2)14-10-17/h7-14H,3-6,15H2,1-2H3,(H,27,30). The van der Waals surface area contributed by atoms with Gasteiger partial charge in [-0.1, -0.05) is 47.1 Å². The Morgan fingerprint density at radius 3 is 2.61 bits per heavy atom. The van der Waals surface area contributed by atoms with Gasteiger partial charge >= 0.3 is 0 Å². The molecule has 7 heteroatoms. The Bertz CT molecular complexity index is 1270. The summed E-state index contributed by atoms with van der Waals surface area (Å²) in [5.41, 5.74) is 5.12. The number of rotatable bonds is 6. The third-order valence-corrected chi connectivity index (χ3v) is 7.10. The van der Waals surface area contributed by atoms with Crippen molar-refractivity contribution in [3.05, 3.63) is 70.1 Å². The van der Waals surface area contributed by atoms with Gasteiger partial charge in [0.25, 0.3) is 5.89 Å². The van der Waals surface area contributed by atoms with Crippen molar-refractivity contribution in [3.63, 3.8) is 0 Å². The maximum absolute atomic E-state index is 12.9. The van der Waals surface area contributed by atoms with Gasteiger partial charge in [0.2, 0.25) is 11.7 Å². The van der Waals surface area contributed by atoms with Crippen molar-refractivity contribution in [2.45, 2.75) is 39.0 Å². The van der Waals surface area contributed by atoms with Crippen molar-refractivity contribution < 1.29 is 14.1 Å². The fourth-order valence-corrected chi connectivity index (χ4v) is 5.42. The highest BCUT2D eigenvalue weighted by Gasteiger charge is 2.27. The molecule has 33 heavy (non-hydrogen) atoms. The van der Waals surface area contributed by atoms with Crippen LogP contribution in [0.1, 0.15) is 34.4 Å². The number of benzene rings is 2. The lowest BCUT2D eigenvalue weighted by Crippen LogP contribution is -2.14. The fourth-order valence-electron chi connectivity index (χ4n) is 4.12. The summed E-state index contributed by atoms with van der Waals surface area (Å²) in [5, 5.41) is 8.13. The number of aromatic nitrogens is 2. The Kier molecular flexibility index (Phi) is 5.96. The van der Waals surface area contributed by atoms with Crippen molar-refractivity contribution in [3.8, 4) is 28.6 Å². The number of thiophene rings is 1. The van der Waals surface area contributed by atoms with E-state index in [0.717, 1.165) is 53.1 Å². The van der Waals surface area contributed by atoms with Gasteiger partial charge in [0.05, 0.1) is 19.1 Å². The first-order valence-corrected chi connectivity index (χ1v) is 11.9. The molecule has 0 atom stereocenters. The first-order chi connectivity index (χ1) is 16.1. The predicted molar refractivity (Wildman–Crippen MR) is 130 cm³/mol. The number of fused-ring (bicyclic) bond motifs is 1. The molecule has 0 aliphatic heterocycles. The summed E-state index contributed by atoms with van der Waals surface area (Å²) in [6, 6.07) is 15.6. The summed E-state index contributed by atoms with van der Waals surface area (Å²) in [5.74, 6) is 1.72. The quantitative estimate of drug-likeness (QED) is 0.392. The average molecular weight is 460 g/mol. The number of nitrogens with one attached hydrogen (secondary N) is 1. The molecule has 1 N–H and O–H groups in total. The van der Waals surface area contributed by atoms with Crippen LogP contribution >= 0.6 is 11.3 Å². The molecule has 1 aliphatic rings. The molecule has 0 unspecified atom stereocenters. The Labute approximate surface area is 196 Å². The van der Waals surface area contributed by atoms with Crippen LogP contribution in [0.4, 0.5) is 5.00 Å². The van der Waals surface area contributed by atoms with Crippen LogP contribution in [0.3, 0.4) is 0 Å². The van der Waals surface area contributed by atoms with E-state index >= 15 is 0 Å². The second-order valence-electron chi connectivity index (χ2n) is 8.28. The van der Waals surface area contributed by atoms with Crippen LogP contribution < -0.4 is 10.1 Å². The molecule has 0 saturated heterocycles. The van der Waals surface area contributed by atoms with Gasteiger partial charge in [-0.25, -0.2) is 0 Å². The second-order valence-corrected chi connectivity index (χ2v) is 9.38. The number of ether oxygens (including phenoxy) is 1. The molecule has 168 valence electrons. The highest BCUT2D eigenvalue weighted by molar-refractivity contribution is 7.17. The topological polar surface area (TPSA) is 77.2 Å². The molecule has 6 nitrogen and oxygen atoms in total. The zero-order valence-corrected chi connectivity index (χ0v) is 19.5. The number of hydrogen-bond acceptors (Lipinski definition) is 6. The minimum atomic E-state index is -0.0710. The van der Waals surface area contributed by atoms with E-state index < -0.39 is 0 Å². The number of aryl methyl sites for hydroxylation is 2. The van der Waals surface area contributed by atoms with Crippen LogP contribution in [0.25, 0.3) is 22.8 Å². The monoisotopic (exact) mass is 459 g/mol. The Balaban J connectivity index is 1.43.